The maximum atomic E-state index is 12.6. The summed E-state index contributed by atoms with van der Waals surface area (Å²) in [5.41, 5.74) is 0.752. The number of carbonyl (C=O) groups is 1. The van der Waals surface area contributed by atoms with Crippen molar-refractivity contribution in [3.05, 3.63) is 42.0 Å². The van der Waals surface area contributed by atoms with E-state index in [4.69, 9.17) is 4.74 Å². The van der Waals surface area contributed by atoms with E-state index in [0.29, 0.717) is 0 Å². The van der Waals surface area contributed by atoms with Gasteiger partial charge in [0, 0.05) is 38.3 Å². The number of ether oxygens (including phenoxy) is 1. The predicted octanol–water partition coefficient (Wildman–Crippen LogP) is 2.67. The van der Waals surface area contributed by atoms with Crippen LogP contribution in [0.2, 0.25) is 0 Å². The SMILES string of the molecule is COc1ccc(C(=O)N2CCN(C[C@H]3C[C@@H]4C=C[C@H]3C4)CC2)cc1. The van der Waals surface area contributed by atoms with E-state index in [9.17, 15) is 4.79 Å². The monoisotopic (exact) mass is 326 g/mol. The van der Waals surface area contributed by atoms with E-state index in [1.165, 1.54) is 19.4 Å². The van der Waals surface area contributed by atoms with Crippen molar-refractivity contribution in [3.63, 3.8) is 0 Å². The zero-order valence-corrected chi connectivity index (χ0v) is 14.4. The summed E-state index contributed by atoms with van der Waals surface area (Å²) >= 11 is 0. The lowest BCUT2D eigenvalue weighted by molar-refractivity contribution is 0.0610. The molecule has 0 aromatic heterocycles. The molecule has 0 spiro atoms. The molecule has 0 N–H and O–H groups in total. The molecular weight excluding hydrogens is 300 g/mol. The number of fused-ring (bicyclic) bond motifs is 2. The molecule has 1 saturated carbocycles. The van der Waals surface area contributed by atoms with Crippen LogP contribution >= 0.6 is 0 Å². The fourth-order valence-corrected chi connectivity index (χ4v) is 4.49. The van der Waals surface area contributed by atoms with Gasteiger partial charge in [0.05, 0.1) is 7.11 Å². The van der Waals surface area contributed by atoms with Crippen molar-refractivity contribution in [3.8, 4) is 5.75 Å². The number of benzene rings is 1. The molecule has 2 fully saturated rings. The van der Waals surface area contributed by atoms with Crippen molar-refractivity contribution in [2.75, 3.05) is 39.8 Å². The quantitative estimate of drug-likeness (QED) is 0.798. The van der Waals surface area contributed by atoms with E-state index in [-0.39, 0.29) is 5.91 Å². The molecule has 3 atom stereocenters. The third-order valence-corrected chi connectivity index (χ3v) is 5.91. The van der Waals surface area contributed by atoms with E-state index in [0.717, 1.165) is 55.2 Å². The number of rotatable bonds is 4. The van der Waals surface area contributed by atoms with Crippen LogP contribution in [0, 0.1) is 17.8 Å². The van der Waals surface area contributed by atoms with E-state index in [1.54, 1.807) is 7.11 Å². The van der Waals surface area contributed by atoms with Crippen LogP contribution in [0.25, 0.3) is 0 Å². The summed E-state index contributed by atoms with van der Waals surface area (Å²) < 4.78 is 5.16. The molecule has 4 heteroatoms. The molecule has 1 heterocycles. The first-order valence-electron chi connectivity index (χ1n) is 9.07. The molecule has 0 radical (unpaired) electrons. The van der Waals surface area contributed by atoms with Crippen LogP contribution in [0.1, 0.15) is 23.2 Å². The van der Waals surface area contributed by atoms with Gasteiger partial charge in [0.2, 0.25) is 0 Å². The standard InChI is InChI=1S/C20H26N2O2/c1-24-19-6-4-16(5-7-19)20(23)22-10-8-21(9-11-22)14-18-13-15-2-3-17(18)12-15/h2-7,15,17-18H,8-14H2,1H3/t15-,17+,18-/m1/s1. The largest absolute Gasteiger partial charge is 0.497 e. The molecule has 3 aliphatic rings. The van der Waals surface area contributed by atoms with Gasteiger partial charge < -0.3 is 9.64 Å². The zero-order chi connectivity index (χ0) is 16.5. The fraction of sp³-hybridized carbons (Fsp3) is 0.550. The summed E-state index contributed by atoms with van der Waals surface area (Å²) in [6.07, 6.45) is 7.58. The van der Waals surface area contributed by atoms with Crippen LogP contribution < -0.4 is 4.74 Å². The third-order valence-electron chi connectivity index (χ3n) is 5.91. The number of nitrogens with zero attached hydrogens (tertiary/aromatic N) is 2. The molecule has 1 amide bonds. The molecular formula is C20H26N2O2. The number of methoxy groups -OCH3 is 1. The smallest absolute Gasteiger partial charge is 0.253 e. The minimum atomic E-state index is 0.139. The lowest BCUT2D eigenvalue weighted by Gasteiger charge is -2.37. The number of hydrogen-bond donors (Lipinski definition) is 0. The van der Waals surface area contributed by atoms with Crippen molar-refractivity contribution < 1.29 is 9.53 Å². The highest BCUT2D eigenvalue weighted by Crippen LogP contribution is 2.43. The molecule has 4 rings (SSSR count). The van der Waals surface area contributed by atoms with Crippen LogP contribution in [0.15, 0.2) is 36.4 Å². The maximum Gasteiger partial charge on any atom is 0.253 e. The topological polar surface area (TPSA) is 32.8 Å². The van der Waals surface area contributed by atoms with Gasteiger partial charge in [-0.2, -0.15) is 0 Å². The van der Waals surface area contributed by atoms with Gasteiger partial charge in [-0.1, -0.05) is 12.2 Å². The number of carbonyl (C=O) groups excluding carboxylic acids is 1. The highest BCUT2D eigenvalue weighted by molar-refractivity contribution is 5.94. The molecule has 24 heavy (non-hydrogen) atoms. The fourth-order valence-electron chi connectivity index (χ4n) is 4.49. The highest BCUT2D eigenvalue weighted by Gasteiger charge is 2.36. The summed E-state index contributed by atoms with van der Waals surface area (Å²) in [4.78, 5) is 17.1. The summed E-state index contributed by atoms with van der Waals surface area (Å²) in [5, 5.41) is 0. The van der Waals surface area contributed by atoms with Crippen LogP contribution in [-0.2, 0) is 0 Å². The molecule has 1 saturated heterocycles. The molecule has 4 nitrogen and oxygen atoms in total. The van der Waals surface area contributed by atoms with Crippen LogP contribution in [-0.4, -0.2) is 55.5 Å². The molecule has 0 unspecified atom stereocenters. The first-order chi connectivity index (χ1) is 11.7. The first-order valence-corrected chi connectivity index (χ1v) is 9.07. The molecule has 128 valence electrons. The summed E-state index contributed by atoms with van der Waals surface area (Å²) in [6.45, 7) is 4.87. The van der Waals surface area contributed by atoms with Crippen LogP contribution in [0.5, 0.6) is 5.75 Å². The Kier molecular flexibility index (Phi) is 4.31. The van der Waals surface area contributed by atoms with Crippen molar-refractivity contribution in [1.29, 1.82) is 0 Å². The first kappa shape index (κ1) is 15.7. The van der Waals surface area contributed by atoms with Gasteiger partial charge in [0.1, 0.15) is 5.75 Å². The Morgan fingerprint density at radius 2 is 1.83 bits per heavy atom. The molecule has 1 aromatic rings. The van der Waals surface area contributed by atoms with Gasteiger partial charge in [-0.05, 0) is 54.9 Å². The van der Waals surface area contributed by atoms with E-state index < -0.39 is 0 Å². The minimum absolute atomic E-state index is 0.139. The van der Waals surface area contributed by atoms with Crippen molar-refractivity contribution >= 4 is 5.91 Å². The maximum absolute atomic E-state index is 12.6. The number of allylic oxidation sites excluding steroid dienone is 2. The predicted molar refractivity (Wildman–Crippen MR) is 94.2 cm³/mol. The van der Waals surface area contributed by atoms with Gasteiger partial charge in [-0.3, -0.25) is 9.69 Å². The lowest BCUT2D eigenvalue weighted by Crippen LogP contribution is -2.50. The molecule has 2 bridgehead atoms. The second kappa shape index (κ2) is 6.60. The Hall–Kier alpha value is -1.81. The van der Waals surface area contributed by atoms with Crippen molar-refractivity contribution in [1.82, 2.24) is 9.80 Å². The third kappa shape index (κ3) is 3.07. The second-order valence-electron chi connectivity index (χ2n) is 7.36. The molecule has 1 aromatic carbocycles. The molecule has 1 aliphatic heterocycles. The lowest BCUT2D eigenvalue weighted by atomic mass is 9.93. The van der Waals surface area contributed by atoms with Gasteiger partial charge in [0.25, 0.3) is 5.91 Å². The van der Waals surface area contributed by atoms with E-state index in [2.05, 4.69) is 17.1 Å². The average Bonchev–Trinajstić information content (AvgIpc) is 3.25. The Balaban J connectivity index is 1.29. The highest BCUT2D eigenvalue weighted by atomic mass is 16.5. The number of piperazine rings is 1. The number of hydrogen-bond acceptors (Lipinski definition) is 3. The zero-order valence-electron chi connectivity index (χ0n) is 14.4. The van der Waals surface area contributed by atoms with Gasteiger partial charge in [-0.25, -0.2) is 0 Å². The minimum Gasteiger partial charge on any atom is -0.497 e. The Morgan fingerprint density at radius 3 is 2.42 bits per heavy atom. The second-order valence-corrected chi connectivity index (χ2v) is 7.36. The van der Waals surface area contributed by atoms with E-state index in [1.807, 2.05) is 29.2 Å². The van der Waals surface area contributed by atoms with E-state index >= 15 is 0 Å². The van der Waals surface area contributed by atoms with Gasteiger partial charge >= 0.3 is 0 Å². The van der Waals surface area contributed by atoms with Crippen molar-refractivity contribution in [2.24, 2.45) is 17.8 Å². The Bertz CT molecular complexity index is 617. The molecule has 2 aliphatic carbocycles. The number of amides is 1. The van der Waals surface area contributed by atoms with Gasteiger partial charge in [0.15, 0.2) is 0 Å². The van der Waals surface area contributed by atoms with Crippen LogP contribution in [0.4, 0.5) is 0 Å². The Morgan fingerprint density at radius 1 is 1.08 bits per heavy atom. The van der Waals surface area contributed by atoms with Gasteiger partial charge in [-0.15, -0.1) is 0 Å². The Labute approximate surface area is 144 Å². The average molecular weight is 326 g/mol. The summed E-state index contributed by atoms with van der Waals surface area (Å²) in [6, 6.07) is 7.42. The van der Waals surface area contributed by atoms with Crippen molar-refractivity contribution in [2.45, 2.75) is 12.8 Å². The summed E-state index contributed by atoms with van der Waals surface area (Å²) in [7, 11) is 1.64. The normalized spacial score (nSPS) is 29.2. The summed E-state index contributed by atoms with van der Waals surface area (Å²) in [5.74, 6) is 3.42. The van der Waals surface area contributed by atoms with Crippen LogP contribution in [0.3, 0.4) is 0 Å².